The van der Waals surface area contributed by atoms with Crippen LogP contribution in [0.2, 0.25) is 0 Å². The zero-order valence-electron chi connectivity index (χ0n) is 48.2. The van der Waals surface area contributed by atoms with Gasteiger partial charge in [-0.2, -0.15) is 0 Å². The van der Waals surface area contributed by atoms with Crippen LogP contribution in [0.5, 0.6) is 0 Å². The van der Waals surface area contributed by atoms with Crippen LogP contribution in [-0.2, 0) is 14.3 Å². The number of aliphatic hydroxyl groups is 2. The van der Waals surface area contributed by atoms with Crippen molar-refractivity contribution in [2.45, 2.75) is 379 Å². The molecular formula is C65H127NO5. The van der Waals surface area contributed by atoms with E-state index in [1.807, 2.05) is 0 Å². The van der Waals surface area contributed by atoms with E-state index in [4.69, 9.17) is 4.74 Å². The van der Waals surface area contributed by atoms with Crippen molar-refractivity contribution in [2.24, 2.45) is 0 Å². The fourth-order valence-electron chi connectivity index (χ4n) is 10.3. The molecule has 0 aromatic rings. The Morgan fingerprint density at radius 3 is 1.00 bits per heavy atom. The summed E-state index contributed by atoms with van der Waals surface area (Å²) in [7, 11) is 0. The first kappa shape index (κ1) is 69.6. The molecule has 422 valence electrons. The smallest absolute Gasteiger partial charge is 0.305 e. The summed E-state index contributed by atoms with van der Waals surface area (Å²) in [6.07, 6.45) is 73.7. The van der Waals surface area contributed by atoms with Crippen molar-refractivity contribution in [1.29, 1.82) is 0 Å². The third-order valence-corrected chi connectivity index (χ3v) is 15.3. The third-order valence-electron chi connectivity index (χ3n) is 15.3. The van der Waals surface area contributed by atoms with Crippen molar-refractivity contribution in [1.82, 2.24) is 5.32 Å². The molecule has 0 aliphatic carbocycles. The highest BCUT2D eigenvalue weighted by Gasteiger charge is 2.20. The van der Waals surface area contributed by atoms with Crippen LogP contribution in [0.3, 0.4) is 0 Å². The molecule has 0 aliphatic rings. The predicted molar refractivity (Wildman–Crippen MR) is 310 cm³/mol. The van der Waals surface area contributed by atoms with Crippen LogP contribution < -0.4 is 5.32 Å². The number of unbranched alkanes of at least 4 members (excludes halogenated alkanes) is 48. The van der Waals surface area contributed by atoms with Crippen LogP contribution >= 0.6 is 0 Å². The maximum atomic E-state index is 12.5. The van der Waals surface area contributed by atoms with Crippen LogP contribution in [0.1, 0.15) is 367 Å². The van der Waals surface area contributed by atoms with E-state index in [2.05, 4.69) is 31.3 Å². The average Bonchev–Trinajstić information content (AvgIpc) is 3.37. The lowest BCUT2D eigenvalue weighted by atomic mass is 10.0. The number of allylic oxidation sites excluding steroid dienone is 2. The van der Waals surface area contributed by atoms with Crippen molar-refractivity contribution in [3.63, 3.8) is 0 Å². The van der Waals surface area contributed by atoms with Gasteiger partial charge in [0.2, 0.25) is 5.91 Å². The van der Waals surface area contributed by atoms with Crippen molar-refractivity contribution in [2.75, 3.05) is 13.2 Å². The number of ether oxygens (including phenoxy) is 1. The Balaban J connectivity index is 3.41. The second kappa shape index (κ2) is 61.1. The van der Waals surface area contributed by atoms with Crippen LogP contribution in [-0.4, -0.2) is 47.4 Å². The van der Waals surface area contributed by atoms with E-state index in [1.165, 1.54) is 295 Å². The predicted octanol–water partition coefficient (Wildman–Crippen LogP) is 20.4. The molecule has 6 nitrogen and oxygen atoms in total. The minimum absolute atomic E-state index is 0.00891. The molecule has 0 rings (SSSR count). The summed E-state index contributed by atoms with van der Waals surface area (Å²) in [4.78, 5) is 24.6. The monoisotopic (exact) mass is 1000 g/mol. The van der Waals surface area contributed by atoms with Crippen molar-refractivity contribution in [3.8, 4) is 0 Å². The summed E-state index contributed by atoms with van der Waals surface area (Å²) in [5, 5.41) is 23.3. The summed E-state index contributed by atoms with van der Waals surface area (Å²) in [5.41, 5.74) is 0. The van der Waals surface area contributed by atoms with Gasteiger partial charge in [-0.15, -0.1) is 0 Å². The number of rotatable bonds is 61. The Morgan fingerprint density at radius 2 is 0.662 bits per heavy atom. The fraction of sp³-hybridized carbons (Fsp3) is 0.938. The van der Waals surface area contributed by atoms with E-state index in [-0.39, 0.29) is 18.5 Å². The maximum Gasteiger partial charge on any atom is 0.305 e. The number of hydrogen-bond donors (Lipinski definition) is 3. The summed E-state index contributed by atoms with van der Waals surface area (Å²) < 4.78 is 5.49. The van der Waals surface area contributed by atoms with Gasteiger partial charge in [-0.05, 0) is 51.4 Å². The minimum Gasteiger partial charge on any atom is -0.466 e. The van der Waals surface area contributed by atoms with E-state index in [1.54, 1.807) is 0 Å². The average molecular weight is 1000 g/mol. The molecule has 1 amide bonds. The van der Waals surface area contributed by atoms with Gasteiger partial charge in [0.05, 0.1) is 25.4 Å². The lowest BCUT2D eigenvalue weighted by Gasteiger charge is -2.22. The summed E-state index contributed by atoms with van der Waals surface area (Å²) in [6.45, 7) is 4.98. The summed E-state index contributed by atoms with van der Waals surface area (Å²) >= 11 is 0. The van der Waals surface area contributed by atoms with Crippen LogP contribution in [0.4, 0.5) is 0 Å². The molecule has 0 aromatic heterocycles. The van der Waals surface area contributed by atoms with Gasteiger partial charge in [0.1, 0.15) is 0 Å². The molecule has 0 bridgehead atoms. The highest BCUT2D eigenvalue weighted by Crippen LogP contribution is 2.18. The SMILES string of the molecule is CCCCCCCCCCCCCCCCCCCCC(O)C(CO)NC(=O)CCCCCCCCC/C=C\CCCCCCCCCCOC(=O)CCCCCCCCCCCCCCCCCCC. The van der Waals surface area contributed by atoms with Gasteiger partial charge in [-0.3, -0.25) is 9.59 Å². The minimum atomic E-state index is -0.670. The molecule has 0 aromatic carbocycles. The van der Waals surface area contributed by atoms with E-state index >= 15 is 0 Å². The molecular weight excluding hydrogens is 875 g/mol. The highest BCUT2D eigenvalue weighted by atomic mass is 16.5. The number of esters is 1. The lowest BCUT2D eigenvalue weighted by molar-refractivity contribution is -0.143. The van der Waals surface area contributed by atoms with Gasteiger partial charge >= 0.3 is 5.97 Å². The van der Waals surface area contributed by atoms with Gasteiger partial charge in [-0.25, -0.2) is 0 Å². The Morgan fingerprint density at radius 1 is 0.380 bits per heavy atom. The number of amides is 1. The topological polar surface area (TPSA) is 95.9 Å². The highest BCUT2D eigenvalue weighted by molar-refractivity contribution is 5.76. The van der Waals surface area contributed by atoms with Gasteiger partial charge in [0.15, 0.2) is 0 Å². The van der Waals surface area contributed by atoms with Crippen molar-refractivity contribution >= 4 is 11.9 Å². The lowest BCUT2D eigenvalue weighted by Crippen LogP contribution is -2.45. The molecule has 0 fully saturated rings. The second-order valence-electron chi connectivity index (χ2n) is 22.5. The molecule has 3 N–H and O–H groups in total. The number of aliphatic hydroxyl groups excluding tert-OH is 2. The molecule has 6 heteroatoms. The molecule has 2 unspecified atom stereocenters. The first-order chi connectivity index (χ1) is 35.0. The zero-order chi connectivity index (χ0) is 51.4. The van der Waals surface area contributed by atoms with E-state index in [0.29, 0.717) is 25.9 Å². The second-order valence-corrected chi connectivity index (χ2v) is 22.5. The van der Waals surface area contributed by atoms with Crippen LogP contribution in [0, 0.1) is 0 Å². The molecule has 2 atom stereocenters. The number of hydrogen-bond acceptors (Lipinski definition) is 5. The third kappa shape index (κ3) is 57.7. The molecule has 0 radical (unpaired) electrons. The fourth-order valence-corrected chi connectivity index (χ4v) is 10.3. The molecule has 0 spiro atoms. The van der Waals surface area contributed by atoms with Gasteiger partial charge in [0.25, 0.3) is 0 Å². The normalized spacial score (nSPS) is 12.6. The zero-order valence-corrected chi connectivity index (χ0v) is 48.2. The molecule has 0 heterocycles. The van der Waals surface area contributed by atoms with E-state index in [9.17, 15) is 19.8 Å². The van der Waals surface area contributed by atoms with Gasteiger partial charge < -0.3 is 20.3 Å². The number of carbonyl (C=O) groups is 2. The molecule has 0 aliphatic heterocycles. The summed E-state index contributed by atoms with van der Waals surface area (Å²) in [6, 6.07) is -0.548. The number of nitrogens with one attached hydrogen (secondary N) is 1. The van der Waals surface area contributed by atoms with Gasteiger partial charge in [0, 0.05) is 12.8 Å². The Kier molecular flexibility index (Phi) is 59.9. The van der Waals surface area contributed by atoms with Crippen molar-refractivity contribution < 1.29 is 24.5 Å². The van der Waals surface area contributed by atoms with E-state index < -0.39 is 12.1 Å². The quantitative estimate of drug-likeness (QED) is 0.0320. The Labute approximate surface area is 444 Å². The first-order valence-electron chi connectivity index (χ1n) is 32.4. The van der Waals surface area contributed by atoms with Crippen LogP contribution in [0.25, 0.3) is 0 Å². The summed E-state index contributed by atoms with van der Waals surface area (Å²) in [5.74, 6) is -0.0321. The standard InChI is InChI=1S/C65H127NO5/c1-3-5-7-9-11-13-15-17-19-21-26-29-33-37-41-45-49-53-57-63(68)62(61-67)66-64(69)58-54-50-46-42-38-34-30-27-23-22-24-28-32-36-40-44-48-52-56-60-71-65(70)59-55-51-47-43-39-35-31-25-20-18-16-14-12-10-8-6-4-2/h22-23,62-63,67-68H,3-21,24-61H2,1-2H3,(H,66,69)/b23-22-. The van der Waals surface area contributed by atoms with Gasteiger partial charge in [-0.1, -0.05) is 315 Å². The first-order valence-corrected chi connectivity index (χ1v) is 32.4. The molecule has 71 heavy (non-hydrogen) atoms. The van der Waals surface area contributed by atoms with Crippen LogP contribution in [0.15, 0.2) is 12.2 Å². The molecule has 0 saturated heterocycles. The van der Waals surface area contributed by atoms with E-state index in [0.717, 1.165) is 38.5 Å². The number of carbonyl (C=O) groups excluding carboxylic acids is 2. The largest absolute Gasteiger partial charge is 0.466 e. The Bertz CT molecular complexity index is 1060. The maximum absolute atomic E-state index is 12.5. The van der Waals surface area contributed by atoms with Crippen molar-refractivity contribution in [3.05, 3.63) is 12.2 Å². The Hall–Kier alpha value is -1.40. The molecule has 0 saturated carbocycles.